The molecule has 0 bridgehead atoms. The van der Waals surface area contributed by atoms with Gasteiger partial charge in [-0.25, -0.2) is 13.2 Å². The fourth-order valence-corrected chi connectivity index (χ4v) is 3.42. The van der Waals surface area contributed by atoms with E-state index >= 15 is 0 Å². The van der Waals surface area contributed by atoms with Crippen LogP contribution in [0.15, 0.2) is 59.5 Å². The summed E-state index contributed by atoms with van der Waals surface area (Å²) >= 11 is 0. The molecule has 0 aliphatic carbocycles. The summed E-state index contributed by atoms with van der Waals surface area (Å²) in [6.45, 7) is 3.16. The molecule has 0 saturated heterocycles. The lowest BCUT2D eigenvalue weighted by Gasteiger charge is -2.15. The summed E-state index contributed by atoms with van der Waals surface area (Å²) in [5.74, 6) is -1.71. The van der Waals surface area contributed by atoms with Gasteiger partial charge in [-0.1, -0.05) is 30.3 Å². The highest BCUT2D eigenvalue weighted by molar-refractivity contribution is 7.92. The lowest BCUT2D eigenvalue weighted by Crippen LogP contribution is -2.42. The summed E-state index contributed by atoms with van der Waals surface area (Å²) < 4.78 is 24.2. The maximum absolute atomic E-state index is 12.3. The molecule has 2 N–H and O–H groups in total. The number of carboxylic acids is 1. The molecule has 2 aromatic rings. The summed E-state index contributed by atoms with van der Waals surface area (Å²) in [7, 11) is -3.42. The van der Waals surface area contributed by atoms with Crippen molar-refractivity contribution in [3.05, 3.63) is 65.7 Å². The van der Waals surface area contributed by atoms with Crippen LogP contribution in [0.3, 0.4) is 0 Å². The zero-order valence-electron chi connectivity index (χ0n) is 14.5. The number of carboxylic acid groups (broad SMARTS) is 1. The van der Waals surface area contributed by atoms with Crippen LogP contribution < -0.4 is 5.32 Å². The summed E-state index contributed by atoms with van der Waals surface area (Å²) in [4.78, 5) is 23.9. The predicted molar refractivity (Wildman–Crippen MR) is 97.8 cm³/mol. The van der Waals surface area contributed by atoms with Crippen LogP contribution in [-0.4, -0.2) is 36.7 Å². The van der Waals surface area contributed by atoms with Crippen molar-refractivity contribution >= 4 is 21.7 Å². The van der Waals surface area contributed by atoms with E-state index < -0.39 is 33.0 Å². The fraction of sp³-hybridized carbons (Fsp3) is 0.263. The molecule has 0 saturated carbocycles. The normalized spacial score (nSPS) is 12.6. The third kappa shape index (κ3) is 4.70. The monoisotopic (exact) mass is 375 g/mol. The quantitative estimate of drug-likeness (QED) is 0.773. The Morgan fingerprint density at radius 3 is 2.08 bits per heavy atom. The number of sulfone groups is 1. The number of amides is 1. The summed E-state index contributed by atoms with van der Waals surface area (Å²) in [6.07, 6.45) is 0.154. The van der Waals surface area contributed by atoms with Crippen molar-refractivity contribution in [3.63, 3.8) is 0 Å². The Labute approximate surface area is 152 Å². The summed E-state index contributed by atoms with van der Waals surface area (Å²) in [5, 5.41) is 11.3. The highest BCUT2D eigenvalue weighted by Gasteiger charge is 2.22. The first kappa shape index (κ1) is 19.7. The van der Waals surface area contributed by atoms with Crippen LogP contribution in [0.2, 0.25) is 0 Å². The molecule has 138 valence electrons. The van der Waals surface area contributed by atoms with Crippen molar-refractivity contribution in [2.45, 2.75) is 36.5 Å². The molecule has 0 fully saturated rings. The zero-order chi connectivity index (χ0) is 19.3. The van der Waals surface area contributed by atoms with E-state index in [1.807, 2.05) is 6.07 Å². The highest BCUT2D eigenvalue weighted by atomic mass is 32.2. The van der Waals surface area contributed by atoms with Gasteiger partial charge in [-0.3, -0.25) is 4.79 Å². The maximum Gasteiger partial charge on any atom is 0.326 e. The maximum atomic E-state index is 12.3. The molecule has 7 heteroatoms. The van der Waals surface area contributed by atoms with E-state index in [9.17, 15) is 23.1 Å². The number of rotatable bonds is 7. The average Bonchev–Trinajstić information content (AvgIpc) is 2.61. The van der Waals surface area contributed by atoms with Gasteiger partial charge in [0.1, 0.15) is 6.04 Å². The van der Waals surface area contributed by atoms with Crippen LogP contribution in [0.25, 0.3) is 0 Å². The van der Waals surface area contributed by atoms with Crippen molar-refractivity contribution in [1.82, 2.24) is 5.32 Å². The lowest BCUT2D eigenvalue weighted by atomic mass is 10.1. The van der Waals surface area contributed by atoms with Crippen LogP contribution in [0.1, 0.15) is 29.8 Å². The van der Waals surface area contributed by atoms with E-state index in [1.54, 1.807) is 38.1 Å². The topological polar surface area (TPSA) is 101 Å². The smallest absolute Gasteiger partial charge is 0.326 e. The molecule has 0 aliphatic rings. The van der Waals surface area contributed by atoms with E-state index in [-0.39, 0.29) is 16.9 Å². The second kappa shape index (κ2) is 8.14. The molecule has 0 radical (unpaired) electrons. The molecular weight excluding hydrogens is 354 g/mol. The number of aliphatic carboxylic acids is 1. The minimum absolute atomic E-state index is 0.128. The van der Waals surface area contributed by atoms with Crippen LogP contribution >= 0.6 is 0 Å². The van der Waals surface area contributed by atoms with Crippen molar-refractivity contribution < 1.29 is 23.1 Å². The minimum Gasteiger partial charge on any atom is -0.480 e. The third-order valence-electron chi connectivity index (χ3n) is 3.95. The molecular formula is C19H21NO5S. The molecule has 1 amide bonds. The predicted octanol–water partition coefficient (Wildman–Crippen LogP) is 2.29. The molecule has 0 unspecified atom stereocenters. The van der Waals surface area contributed by atoms with Crippen LogP contribution in [0.5, 0.6) is 0 Å². The largest absolute Gasteiger partial charge is 0.480 e. The van der Waals surface area contributed by atoms with Gasteiger partial charge in [0.2, 0.25) is 0 Å². The summed E-state index contributed by atoms with van der Waals surface area (Å²) in [6, 6.07) is 13.4. The minimum atomic E-state index is -3.42. The number of nitrogens with one attached hydrogen (secondary N) is 1. The van der Waals surface area contributed by atoms with Gasteiger partial charge in [0.05, 0.1) is 10.1 Å². The average molecular weight is 375 g/mol. The van der Waals surface area contributed by atoms with Crippen LogP contribution in [-0.2, 0) is 21.1 Å². The van der Waals surface area contributed by atoms with E-state index in [1.165, 1.54) is 24.3 Å². The second-order valence-corrected chi connectivity index (χ2v) is 8.68. The molecule has 0 aliphatic heterocycles. The number of carbonyl (C=O) groups is 2. The third-order valence-corrected chi connectivity index (χ3v) is 6.12. The van der Waals surface area contributed by atoms with Gasteiger partial charge in [0.15, 0.2) is 9.84 Å². The first-order valence-corrected chi connectivity index (χ1v) is 9.68. The Balaban J connectivity index is 2.13. The number of carbonyl (C=O) groups excluding carboxylic acids is 1. The number of benzene rings is 2. The van der Waals surface area contributed by atoms with Crippen LogP contribution in [0, 0.1) is 0 Å². The molecule has 6 nitrogen and oxygen atoms in total. The number of hydrogen-bond acceptors (Lipinski definition) is 4. The molecule has 0 heterocycles. The van der Waals surface area contributed by atoms with Gasteiger partial charge in [-0.2, -0.15) is 0 Å². The Morgan fingerprint density at radius 1 is 1.00 bits per heavy atom. The highest BCUT2D eigenvalue weighted by Crippen LogP contribution is 2.16. The van der Waals surface area contributed by atoms with E-state index in [4.69, 9.17) is 0 Å². The number of hydrogen-bond donors (Lipinski definition) is 2. The Morgan fingerprint density at radius 2 is 1.58 bits per heavy atom. The van der Waals surface area contributed by atoms with Gasteiger partial charge in [-0.05, 0) is 43.7 Å². The molecule has 0 spiro atoms. The first-order chi connectivity index (χ1) is 12.2. The van der Waals surface area contributed by atoms with Crippen molar-refractivity contribution in [2.24, 2.45) is 0 Å². The Bertz CT molecular complexity index is 874. The van der Waals surface area contributed by atoms with E-state index in [0.29, 0.717) is 0 Å². The van der Waals surface area contributed by atoms with E-state index in [2.05, 4.69) is 5.32 Å². The summed E-state index contributed by atoms with van der Waals surface area (Å²) in [5.41, 5.74) is 0.991. The molecule has 2 aromatic carbocycles. The Kier molecular flexibility index (Phi) is 6.15. The standard InChI is InChI=1S/C19H21NO5S/c1-13(2)26(24,25)16-10-8-15(9-11-16)18(21)20-17(19(22)23)12-14-6-4-3-5-7-14/h3-11,13,17H,12H2,1-2H3,(H,20,21)(H,22,23)/t17-/m0/s1. The van der Waals surface area contributed by atoms with Gasteiger partial charge >= 0.3 is 5.97 Å². The van der Waals surface area contributed by atoms with Gasteiger partial charge < -0.3 is 10.4 Å². The van der Waals surface area contributed by atoms with Crippen molar-refractivity contribution in [3.8, 4) is 0 Å². The molecule has 0 aromatic heterocycles. The second-order valence-electron chi connectivity index (χ2n) is 6.17. The van der Waals surface area contributed by atoms with E-state index in [0.717, 1.165) is 5.56 Å². The van der Waals surface area contributed by atoms with Gasteiger partial charge in [0.25, 0.3) is 5.91 Å². The Hall–Kier alpha value is -2.67. The van der Waals surface area contributed by atoms with Crippen LogP contribution in [0.4, 0.5) is 0 Å². The van der Waals surface area contributed by atoms with Crippen molar-refractivity contribution in [1.29, 1.82) is 0 Å². The molecule has 1 atom stereocenters. The SMILES string of the molecule is CC(C)S(=O)(=O)c1ccc(C(=O)N[C@@H](Cc2ccccc2)C(=O)O)cc1. The zero-order valence-corrected chi connectivity index (χ0v) is 15.4. The van der Waals surface area contributed by atoms with Crippen molar-refractivity contribution in [2.75, 3.05) is 0 Å². The molecule has 2 rings (SSSR count). The molecule has 26 heavy (non-hydrogen) atoms. The fourth-order valence-electron chi connectivity index (χ4n) is 2.36. The van der Waals surface area contributed by atoms with Gasteiger partial charge in [0, 0.05) is 12.0 Å². The van der Waals surface area contributed by atoms with Gasteiger partial charge in [-0.15, -0.1) is 0 Å². The first-order valence-electron chi connectivity index (χ1n) is 8.13. The lowest BCUT2D eigenvalue weighted by molar-refractivity contribution is -0.139.